The van der Waals surface area contributed by atoms with Gasteiger partial charge in [0.2, 0.25) is 5.91 Å². The van der Waals surface area contributed by atoms with Gasteiger partial charge in [-0.05, 0) is 12.0 Å². The smallest absolute Gasteiger partial charge is 0.220 e. The summed E-state index contributed by atoms with van der Waals surface area (Å²) in [5.74, 6) is 0.0972. The number of hydrogen-bond donors (Lipinski definition) is 1. The molecule has 1 amide bonds. The van der Waals surface area contributed by atoms with Crippen LogP contribution in [0, 0.1) is 0 Å². The summed E-state index contributed by atoms with van der Waals surface area (Å²) in [6.07, 6.45) is 5.03. The highest BCUT2D eigenvalue weighted by Gasteiger charge is 2.00. The molecule has 1 N–H and O–H groups in total. The van der Waals surface area contributed by atoms with Crippen LogP contribution in [0.15, 0.2) is 5.11 Å². The molecule has 0 aliphatic rings. The van der Waals surface area contributed by atoms with Crippen molar-refractivity contribution in [3.05, 3.63) is 10.4 Å². The quantitative estimate of drug-likeness (QED) is 0.118. The minimum atomic E-state index is 0.0972. The summed E-state index contributed by atoms with van der Waals surface area (Å²) in [6.45, 7) is 7.85. The van der Waals surface area contributed by atoms with Crippen LogP contribution in [0.3, 0.4) is 0 Å². The van der Waals surface area contributed by atoms with Gasteiger partial charge in [-0.3, -0.25) is 4.79 Å². The van der Waals surface area contributed by atoms with Crippen molar-refractivity contribution in [1.29, 1.82) is 0 Å². The Morgan fingerprint density at radius 3 is 1.83 bits per heavy atom. The second-order valence-corrected chi connectivity index (χ2v) is 6.18. The predicted molar refractivity (Wildman–Crippen MR) is 110 cm³/mol. The second kappa shape index (κ2) is 24.6. The first-order valence-electron chi connectivity index (χ1n) is 10.5. The Labute approximate surface area is 174 Å². The van der Waals surface area contributed by atoms with E-state index < -0.39 is 0 Å². The van der Waals surface area contributed by atoms with Crippen LogP contribution < -0.4 is 5.32 Å². The van der Waals surface area contributed by atoms with Crippen molar-refractivity contribution in [1.82, 2.24) is 5.32 Å². The molecule has 0 aromatic heterocycles. The van der Waals surface area contributed by atoms with E-state index in [0.29, 0.717) is 85.6 Å². The molecule has 0 atom stereocenters. The van der Waals surface area contributed by atoms with Gasteiger partial charge in [0.1, 0.15) is 0 Å². The van der Waals surface area contributed by atoms with Gasteiger partial charge in [0.15, 0.2) is 0 Å². The van der Waals surface area contributed by atoms with E-state index in [0.717, 1.165) is 12.8 Å². The monoisotopic (exact) mass is 418 g/mol. The fourth-order valence-electron chi connectivity index (χ4n) is 2.20. The van der Waals surface area contributed by atoms with Gasteiger partial charge in [-0.1, -0.05) is 31.3 Å². The molecule has 29 heavy (non-hydrogen) atoms. The molecule has 0 saturated carbocycles. The maximum atomic E-state index is 11.6. The average molecular weight is 419 g/mol. The third-order valence-electron chi connectivity index (χ3n) is 3.71. The minimum absolute atomic E-state index is 0.0972. The number of amides is 1. The lowest BCUT2D eigenvalue weighted by Crippen LogP contribution is -2.27. The molecule has 0 spiro atoms. The van der Waals surface area contributed by atoms with E-state index in [9.17, 15) is 4.79 Å². The van der Waals surface area contributed by atoms with Gasteiger partial charge in [0.25, 0.3) is 0 Å². The predicted octanol–water partition coefficient (Wildman–Crippen LogP) is 2.47. The summed E-state index contributed by atoms with van der Waals surface area (Å²) in [4.78, 5) is 14.2. The molecule has 0 bridgehead atoms. The van der Waals surface area contributed by atoms with Crippen molar-refractivity contribution in [2.45, 2.75) is 39.0 Å². The SMILES string of the molecule is CCCCCCC(=O)NCCOCCOCCOCCOCCOCCN=[N+]=[N-]. The lowest BCUT2D eigenvalue weighted by molar-refractivity contribution is -0.121. The first-order valence-corrected chi connectivity index (χ1v) is 10.5. The van der Waals surface area contributed by atoms with Gasteiger partial charge in [-0.25, -0.2) is 0 Å². The minimum Gasteiger partial charge on any atom is -0.379 e. The molecule has 10 nitrogen and oxygen atoms in total. The Morgan fingerprint density at radius 2 is 1.31 bits per heavy atom. The average Bonchev–Trinajstić information content (AvgIpc) is 2.73. The molecular weight excluding hydrogens is 380 g/mol. The van der Waals surface area contributed by atoms with Gasteiger partial charge in [0.05, 0.1) is 66.1 Å². The molecule has 0 aliphatic heterocycles. The molecule has 0 aromatic carbocycles. The zero-order valence-electron chi connectivity index (χ0n) is 17.8. The summed E-state index contributed by atoms with van der Waals surface area (Å²) in [6, 6.07) is 0. The summed E-state index contributed by atoms with van der Waals surface area (Å²) in [7, 11) is 0. The molecule has 170 valence electrons. The number of ether oxygens (including phenoxy) is 5. The van der Waals surface area contributed by atoms with E-state index >= 15 is 0 Å². The van der Waals surface area contributed by atoms with E-state index in [1.54, 1.807) is 0 Å². The molecule has 0 aromatic rings. The molecule has 10 heteroatoms. The zero-order valence-corrected chi connectivity index (χ0v) is 17.8. The van der Waals surface area contributed by atoms with E-state index in [4.69, 9.17) is 29.2 Å². The molecule has 0 saturated heterocycles. The third kappa shape index (κ3) is 24.5. The fourth-order valence-corrected chi connectivity index (χ4v) is 2.20. The van der Waals surface area contributed by atoms with Crippen molar-refractivity contribution >= 4 is 5.91 Å². The summed E-state index contributed by atoms with van der Waals surface area (Å²) in [5, 5.41) is 6.21. The van der Waals surface area contributed by atoms with Crippen LogP contribution in [0.25, 0.3) is 10.4 Å². The number of hydrogen-bond acceptors (Lipinski definition) is 7. The normalized spacial score (nSPS) is 10.7. The van der Waals surface area contributed by atoms with Gasteiger partial charge >= 0.3 is 0 Å². The van der Waals surface area contributed by atoms with Crippen LogP contribution in [-0.2, 0) is 28.5 Å². The van der Waals surface area contributed by atoms with Crippen molar-refractivity contribution in [2.24, 2.45) is 5.11 Å². The summed E-state index contributed by atoms with van der Waals surface area (Å²) < 4.78 is 26.7. The topological polar surface area (TPSA) is 124 Å². The van der Waals surface area contributed by atoms with Gasteiger partial charge in [0, 0.05) is 24.4 Å². The largest absolute Gasteiger partial charge is 0.379 e. The number of nitrogens with one attached hydrogen (secondary N) is 1. The van der Waals surface area contributed by atoms with Gasteiger partial charge in [-0.15, -0.1) is 0 Å². The Kier molecular flexibility index (Phi) is 23.4. The lowest BCUT2D eigenvalue weighted by atomic mass is 10.1. The van der Waals surface area contributed by atoms with Crippen LogP contribution in [0.4, 0.5) is 0 Å². The highest BCUT2D eigenvalue weighted by Crippen LogP contribution is 2.01. The second-order valence-electron chi connectivity index (χ2n) is 6.18. The number of carbonyl (C=O) groups is 1. The lowest BCUT2D eigenvalue weighted by Gasteiger charge is -2.08. The molecule has 0 radical (unpaired) electrons. The van der Waals surface area contributed by atoms with Crippen LogP contribution in [0.5, 0.6) is 0 Å². The molecular formula is C19H38N4O6. The Morgan fingerprint density at radius 1 is 0.793 bits per heavy atom. The standard InChI is InChI=1S/C19H38N4O6/c1-2-3-4-5-6-19(24)21-7-9-25-11-13-27-15-17-29-18-16-28-14-12-26-10-8-22-23-20/h2-18H2,1H3,(H,21,24). The third-order valence-corrected chi connectivity index (χ3v) is 3.71. The Hall–Kier alpha value is -1.42. The van der Waals surface area contributed by atoms with E-state index in [1.165, 1.54) is 12.8 Å². The molecule has 0 fully saturated rings. The van der Waals surface area contributed by atoms with Crippen molar-refractivity contribution in [3.63, 3.8) is 0 Å². The van der Waals surface area contributed by atoms with E-state index in [1.807, 2.05) is 0 Å². The van der Waals surface area contributed by atoms with Crippen LogP contribution in [0.1, 0.15) is 39.0 Å². The van der Waals surface area contributed by atoms with Gasteiger partial charge in [-0.2, -0.15) is 0 Å². The first kappa shape index (κ1) is 27.6. The molecule has 0 unspecified atom stereocenters. The Bertz CT molecular complexity index is 408. The summed E-state index contributed by atoms with van der Waals surface area (Å²) >= 11 is 0. The number of carbonyl (C=O) groups excluding carboxylic acids is 1. The van der Waals surface area contributed by atoms with Crippen LogP contribution >= 0.6 is 0 Å². The highest BCUT2D eigenvalue weighted by molar-refractivity contribution is 5.75. The van der Waals surface area contributed by atoms with Crippen molar-refractivity contribution < 1.29 is 28.5 Å². The number of azide groups is 1. The van der Waals surface area contributed by atoms with Crippen LogP contribution in [-0.4, -0.2) is 85.1 Å². The fraction of sp³-hybridized carbons (Fsp3) is 0.947. The maximum Gasteiger partial charge on any atom is 0.220 e. The molecule has 0 rings (SSSR count). The number of nitrogens with zero attached hydrogens (tertiary/aromatic N) is 3. The maximum absolute atomic E-state index is 11.6. The first-order chi connectivity index (χ1) is 14.3. The number of unbranched alkanes of at least 4 members (excludes halogenated alkanes) is 3. The molecule has 0 aliphatic carbocycles. The van der Waals surface area contributed by atoms with E-state index in [2.05, 4.69) is 22.3 Å². The van der Waals surface area contributed by atoms with E-state index in [-0.39, 0.29) is 5.91 Å². The van der Waals surface area contributed by atoms with Crippen LogP contribution in [0.2, 0.25) is 0 Å². The zero-order chi connectivity index (χ0) is 21.3. The molecule has 0 heterocycles. The van der Waals surface area contributed by atoms with Crippen molar-refractivity contribution in [2.75, 3.05) is 79.2 Å². The Balaban J connectivity index is 3.09. The highest BCUT2D eigenvalue weighted by atomic mass is 16.6. The number of rotatable bonds is 23. The van der Waals surface area contributed by atoms with Gasteiger partial charge < -0.3 is 29.0 Å². The van der Waals surface area contributed by atoms with Crippen molar-refractivity contribution in [3.8, 4) is 0 Å². The summed E-state index contributed by atoms with van der Waals surface area (Å²) in [5.41, 5.74) is 8.09.